The van der Waals surface area contributed by atoms with Gasteiger partial charge >= 0.3 is 0 Å². The molecule has 8 nitrogen and oxygen atoms in total. The van der Waals surface area contributed by atoms with Crippen LogP contribution in [-0.4, -0.2) is 38.0 Å². The zero-order valence-corrected chi connectivity index (χ0v) is 15.3. The monoisotopic (exact) mass is 378 g/mol. The van der Waals surface area contributed by atoms with E-state index >= 15 is 0 Å². The van der Waals surface area contributed by atoms with Gasteiger partial charge in [-0.15, -0.1) is 20.4 Å². The Hall–Kier alpha value is -2.07. The maximum absolute atomic E-state index is 11.9. The number of hydrogen-bond donors (Lipinski definition) is 2. The van der Waals surface area contributed by atoms with Crippen LogP contribution in [0.1, 0.15) is 31.2 Å². The molecule has 3 rings (SSSR count). The fourth-order valence-corrected chi connectivity index (χ4v) is 3.42. The topological polar surface area (TPSA) is 110 Å². The number of nitrogens with one attached hydrogen (secondary N) is 2. The van der Waals surface area contributed by atoms with Crippen LogP contribution >= 0.6 is 23.1 Å². The van der Waals surface area contributed by atoms with Gasteiger partial charge in [0.05, 0.1) is 5.75 Å². The number of amides is 2. The molecule has 1 aliphatic rings. The maximum Gasteiger partial charge on any atom is 0.236 e. The van der Waals surface area contributed by atoms with E-state index in [-0.39, 0.29) is 23.5 Å². The minimum Gasteiger partial charge on any atom is -0.309 e. The molecular formula is C15H18N6O2S2. The Morgan fingerprint density at radius 2 is 2.04 bits per heavy atom. The van der Waals surface area contributed by atoms with Crippen molar-refractivity contribution >= 4 is 45.9 Å². The van der Waals surface area contributed by atoms with Gasteiger partial charge in [-0.25, -0.2) is 0 Å². The number of aromatic nitrogens is 4. The lowest BCUT2D eigenvalue weighted by Gasteiger charge is -2.04. The summed E-state index contributed by atoms with van der Waals surface area (Å²) in [5, 5.41) is 23.4. The Kier molecular flexibility index (Phi) is 5.92. The highest BCUT2D eigenvalue weighted by Gasteiger charge is 2.29. The lowest BCUT2D eigenvalue weighted by molar-refractivity contribution is -0.117. The van der Waals surface area contributed by atoms with Crippen molar-refractivity contribution in [2.24, 2.45) is 5.92 Å². The highest BCUT2D eigenvalue weighted by atomic mass is 32.2. The third-order valence-corrected chi connectivity index (χ3v) is 5.19. The first-order valence-corrected chi connectivity index (χ1v) is 9.84. The summed E-state index contributed by atoms with van der Waals surface area (Å²) in [5.74, 6) is 0.581. The number of hydrogen-bond acceptors (Lipinski definition) is 8. The summed E-state index contributed by atoms with van der Waals surface area (Å²) in [6.07, 6.45) is 3.74. The first-order chi connectivity index (χ1) is 12.1. The number of carbonyl (C=O) groups excluding carboxylic acids is 2. The van der Waals surface area contributed by atoms with Gasteiger partial charge in [-0.05, 0) is 31.4 Å². The smallest absolute Gasteiger partial charge is 0.236 e. The molecule has 0 saturated heterocycles. The van der Waals surface area contributed by atoms with Crippen molar-refractivity contribution in [1.82, 2.24) is 20.4 Å². The van der Waals surface area contributed by atoms with Crippen molar-refractivity contribution in [3.8, 4) is 0 Å². The van der Waals surface area contributed by atoms with E-state index in [1.165, 1.54) is 23.1 Å². The molecule has 2 heterocycles. The Morgan fingerprint density at radius 1 is 1.20 bits per heavy atom. The quantitative estimate of drug-likeness (QED) is 0.679. The predicted octanol–water partition coefficient (Wildman–Crippen LogP) is 2.36. The largest absolute Gasteiger partial charge is 0.309 e. The Balaban J connectivity index is 1.43. The number of carbonyl (C=O) groups is 2. The lowest BCUT2D eigenvalue weighted by atomic mass is 10.4. The van der Waals surface area contributed by atoms with Crippen LogP contribution in [0.5, 0.6) is 0 Å². The van der Waals surface area contributed by atoms with Crippen LogP contribution in [0, 0.1) is 5.92 Å². The van der Waals surface area contributed by atoms with Gasteiger partial charge in [-0.3, -0.25) is 14.9 Å². The van der Waals surface area contributed by atoms with Gasteiger partial charge in [0.2, 0.25) is 16.9 Å². The Bertz CT molecular complexity index is 745. The summed E-state index contributed by atoms with van der Waals surface area (Å²) in [5.41, 5.74) is 0. The van der Waals surface area contributed by atoms with Gasteiger partial charge in [0.1, 0.15) is 10.0 Å². The predicted molar refractivity (Wildman–Crippen MR) is 96.6 cm³/mol. The van der Waals surface area contributed by atoms with Gasteiger partial charge in [-0.1, -0.05) is 30.0 Å². The molecule has 1 saturated carbocycles. The molecule has 0 aromatic carbocycles. The molecule has 10 heteroatoms. The lowest BCUT2D eigenvalue weighted by Crippen LogP contribution is -2.15. The summed E-state index contributed by atoms with van der Waals surface area (Å²) in [4.78, 5) is 23.6. The van der Waals surface area contributed by atoms with Crippen LogP contribution in [0.4, 0.5) is 10.9 Å². The number of anilines is 2. The number of thioether (sulfide) groups is 1. The molecule has 0 bridgehead atoms. The van der Waals surface area contributed by atoms with E-state index in [1.807, 2.05) is 0 Å². The SMILES string of the molecule is CCCc1nnc(NC(=O)CSc2ccc(NC(=O)C3CC3)nn2)s1. The minimum atomic E-state index is -0.169. The maximum atomic E-state index is 11.9. The van der Waals surface area contributed by atoms with E-state index in [0.29, 0.717) is 16.0 Å². The van der Waals surface area contributed by atoms with E-state index in [9.17, 15) is 9.59 Å². The summed E-state index contributed by atoms with van der Waals surface area (Å²) < 4.78 is 0. The minimum absolute atomic E-state index is 0.00594. The molecule has 2 N–H and O–H groups in total. The van der Waals surface area contributed by atoms with Crippen LogP contribution in [0.15, 0.2) is 17.2 Å². The molecule has 2 amide bonds. The van der Waals surface area contributed by atoms with E-state index in [2.05, 4.69) is 38.0 Å². The van der Waals surface area contributed by atoms with Gasteiger partial charge in [0, 0.05) is 12.3 Å². The third-order valence-electron chi connectivity index (χ3n) is 3.37. The van der Waals surface area contributed by atoms with Crippen LogP contribution in [-0.2, 0) is 16.0 Å². The molecule has 132 valence electrons. The standard InChI is InChI=1S/C15H18N6O2S2/c1-2-3-13-20-21-15(25-13)17-11(22)8-24-12-7-6-10(18-19-12)16-14(23)9-4-5-9/h6-7,9H,2-5,8H2,1H3,(H,16,18,23)(H,17,21,22). The second-order valence-electron chi connectivity index (χ2n) is 5.61. The molecule has 2 aromatic rings. The fourth-order valence-electron chi connectivity index (χ4n) is 1.95. The molecule has 25 heavy (non-hydrogen) atoms. The number of aryl methyl sites for hydroxylation is 1. The highest BCUT2D eigenvalue weighted by Crippen LogP contribution is 2.30. The first kappa shape index (κ1) is 17.7. The van der Waals surface area contributed by atoms with E-state index in [4.69, 9.17) is 0 Å². The molecule has 0 radical (unpaired) electrons. The van der Waals surface area contributed by atoms with Crippen molar-refractivity contribution in [3.05, 3.63) is 17.1 Å². The highest BCUT2D eigenvalue weighted by molar-refractivity contribution is 7.99. The second-order valence-corrected chi connectivity index (χ2v) is 7.67. The zero-order chi connectivity index (χ0) is 17.6. The number of rotatable bonds is 8. The normalized spacial score (nSPS) is 13.5. The van der Waals surface area contributed by atoms with Crippen molar-refractivity contribution < 1.29 is 9.59 Å². The fraction of sp³-hybridized carbons (Fsp3) is 0.467. The van der Waals surface area contributed by atoms with Gasteiger partial charge in [0.25, 0.3) is 0 Å². The molecular weight excluding hydrogens is 360 g/mol. The molecule has 1 fully saturated rings. The van der Waals surface area contributed by atoms with Crippen LogP contribution in [0.3, 0.4) is 0 Å². The van der Waals surface area contributed by atoms with Crippen molar-refractivity contribution in [3.63, 3.8) is 0 Å². The molecule has 0 atom stereocenters. The third kappa shape index (κ3) is 5.46. The van der Waals surface area contributed by atoms with Crippen molar-refractivity contribution in [2.45, 2.75) is 37.6 Å². The van der Waals surface area contributed by atoms with Crippen LogP contribution in [0.25, 0.3) is 0 Å². The molecule has 2 aromatic heterocycles. The van der Waals surface area contributed by atoms with E-state index < -0.39 is 0 Å². The Morgan fingerprint density at radius 3 is 2.72 bits per heavy atom. The average Bonchev–Trinajstić information content (AvgIpc) is 3.37. The number of nitrogens with zero attached hydrogens (tertiary/aromatic N) is 4. The zero-order valence-electron chi connectivity index (χ0n) is 13.7. The molecule has 1 aliphatic carbocycles. The van der Waals surface area contributed by atoms with E-state index in [0.717, 1.165) is 30.7 Å². The average molecular weight is 378 g/mol. The Labute approximate surface area is 153 Å². The molecule has 0 spiro atoms. The summed E-state index contributed by atoms with van der Waals surface area (Å²) >= 11 is 2.66. The summed E-state index contributed by atoms with van der Waals surface area (Å²) in [6, 6.07) is 3.42. The summed E-state index contributed by atoms with van der Waals surface area (Å²) in [7, 11) is 0. The van der Waals surface area contributed by atoms with Crippen LogP contribution in [0.2, 0.25) is 0 Å². The molecule has 0 unspecified atom stereocenters. The van der Waals surface area contributed by atoms with Gasteiger partial charge < -0.3 is 5.32 Å². The van der Waals surface area contributed by atoms with Crippen molar-refractivity contribution in [1.29, 1.82) is 0 Å². The van der Waals surface area contributed by atoms with Crippen LogP contribution < -0.4 is 10.6 Å². The first-order valence-electron chi connectivity index (χ1n) is 8.03. The van der Waals surface area contributed by atoms with Gasteiger partial charge in [-0.2, -0.15) is 0 Å². The summed E-state index contributed by atoms with van der Waals surface area (Å²) in [6.45, 7) is 2.07. The van der Waals surface area contributed by atoms with Gasteiger partial charge in [0.15, 0.2) is 5.82 Å². The van der Waals surface area contributed by atoms with E-state index in [1.54, 1.807) is 12.1 Å². The molecule has 0 aliphatic heterocycles. The van der Waals surface area contributed by atoms with Crippen molar-refractivity contribution in [2.75, 3.05) is 16.4 Å². The second kappa shape index (κ2) is 8.34.